The van der Waals surface area contributed by atoms with Gasteiger partial charge < -0.3 is 15.0 Å². The van der Waals surface area contributed by atoms with Crippen LogP contribution < -0.4 is 22.0 Å². The van der Waals surface area contributed by atoms with Crippen LogP contribution in [0.4, 0.5) is 4.79 Å². The molecule has 0 unspecified atom stereocenters. The summed E-state index contributed by atoms with van der Waals surface area (Å²) >= 11 is 0. The highest BCUT2D eigenvalue weighted by atomic mass is 16.6. The first kappa shape index (κ1) is 19.1. The topological polar surface area (TPSA) is 146 Å². The van der Waals surface area contributed by atoms with E-state index in [1.54, 1.807) is 20.8 Å². The van der Waals surface area contributed by atoms with Gasteiger partial charge in [0, 0.05) is 5.69 Å². The zero-order valence-corrected chi connectivity index (χ0v) is 14.1. The Morgan fingerprint density at radius 3 is 2.42 bits per heavy atom. The molecule has 0 fully saturated rings. The number of nitrogens with one attached hydrogen (secondary N) is 4. The van der Waals surface area contributed by atoms with Crippen molar-refractivity contribution in [2.45, 2.75) is 46.3 Å². The van der Waals surface area contributed by atoms with Gasteiger partial charge in [-0.15, -0.1) is 0 Å². The third kappa shape index (κ3) is 6.07. The normalized spacial score (nSPS) is 12.7. The van der Waals surface area contributed by atoms with Crippen LogP contribution in [-0.2, 0) is 9.53 Å². The van der Waals surface area contributed by atoms with E-state index < -0.39 is 34.9 Å². The maximum absolute atomic E-state index is 11.8. The van der Waals surface area contributed by atoms with Crippen molar-refractivity contribution in [2.24, 2.45) is 5.10 Å². The van der Waals surface area contributed by atoms with Gasteiger partial charge in [0.1, 0.15) is 11.6 Å². The van der Waals surface area contributed by atoms with Crippen LogP contribution >= 0.6 is 0 Å². The lowest BCUT2D eigenvalue weighted by Crippen LogP contribution is -2.45. The molecule has 10 heteroatoms. The lowest BCUT2D eigenvalue weighted by Gasteiger charge is -2.21. The number of hydrazone groups is 1. The van der Waals surface area contributed by atoms with Crippen molar-refractivity contribution in [3.8, 4) is 0 Å². The first-order valence-corrected chi connectivity index (χ1v) is 7.15. The molecular weight excluding hydrogens is 318 g/mol. The molecule has 0 bridgehead atoms. The second-order valence-electron chi connectivity index (χ2n) is 6.05. The molecule has 1 aromatic heterocycles. The molecule has 24 heavy (non-hydrogen) atoms. The Bertz CT molecular complexity index is 756. The monoisotopic (exact) mass is 339 g/mol. The lowest BCUT2D eigenvalue weighted by atomic mass is 10.2. The zero-order valence-electron chi connectivity index (χ0n) is 14.1. The van der Waals surface area contributed by atoms with E-state index in [9.17, 15) is 19.2 Å². The fraction of sp³-hybridized carbons (Fsp3) is 0.500. The predicted octanol–water partition coefficient (Wildman–Crippen LogP) is -0.265. The first-order chi connectivity index (χ1) is 11.0. The molecule has 1 heterocycles. The number of H-pyrrole nitrogens is 2. The molecule has 0 aliphatic rings. The molecule has 1 rings (SSSR count). The molecule has 0 aliphatic heterocycles. The number of alkyl carbamates (subject to hydrolysis) is 1. The van der Waals surface area contributed by atoms with Gasteiger partial charge in [-0.2, -0.15) is 5.10 Å². The second kappa shape index (κ2) is 7.57. The number of aromatic amines is 2. The molecule has 0 saturated heterocycles. The Kier molecular flexibility index (Phi) is 6.04. The molecule has 132 valence electrons. The number of aryl methyl sites for hydroxylation is 1. The summed E-state index contributed by atoms with van der Waals surface area (Å²) in [5.41, 5.74) is 0.650. The highest BCUT2D eigenvalue weighted by Crippen LogP contribution is 2.06. The molecule has 0 aromatic carbocycles. The summed E-state index contributed by atoms with van der Waals surface area (Å²) in [6.45, 7) is 8.07. The summed E-state index contributed by atoms with van der Waals surface area (Å²) in [7, 11) is 0. The van der Waals surface area contributed by atoms with Crippen LogP contribution in [0, 0.1) is 6.92 Å². The van der Waals surface area contributed by atoms with Crippen molar-refractivity contribution < 1.29 is 14.3 Å². The van der Waals surface area contributed by atoms with Gasteiger partial charge in [-0.05, 0) is 34.6 Å². The minimum absolute atomic E-state index is 0.0997. The zero-order chi connectivity index (χ0) is 18.5. The van der Waals surface area contributed by atoms with Gasteiger partial charge in [0.05, 0.1) is 11.8 Å². The average Bonchev–Trinajstić information content (AvgIpc) is 2.38. The number of hydrogen-bond donors (Lipinski definition) is 4. The number of amides is 2. The van der Waals surface area contributed by atoms with Gasteiger partial charge in [-0.3, -0.25) is 14.6 Å². The SMILES string of the molecule is Cc1[nH]c(=O)[nH]c(=O)c1/C=N\NC(=O)[C@@H](C)NC(=O)OC(C)(C)C. The number of nitrogens with zero attached hydrogens (tertiary/aromatic N) is 1. The summed E-state index contributed by atoms with van der Waals surface area (Å²) in [5.74, 6) is -0.601. The van der Waals surface area contributed by atoms with E-state index in [-0.39, 0.29) is 5.56 Å². The fourth-order valence-electron chi connectivity index (χ4n) is 1.57. The highest BCUT2D eigenvalue weighted by Gasteiger charge is 2.20. The second-order valence-corrected chi connectivity index (χ2v) is 6.05. The van der Waals surface area contributed by atoms with Crippen LogP contribution in [0.3, 0.4) is 0 Å². The van der Waals surface area contributed by atoms with Gasteiger partial charge in [0.15, 0.2) is 0 Å². The molecule has 0 spiro atoms. The third-order valence-corrected chi connectivity index (χ3v) is 2.67. The molecule has 0 radical (unpaired) electrons. The molecule has 10 nitrogen and oxygen atoms in total. The van der Waals surface area contributed by atoms with Crippen molar-refractivity contribution in [1.82, 2.24) is 20.7 Å². The van der Waals surface area contributed by atoms with E-state index in [4.69, 9.17) is 4.74 Å². The van der Waals surface area contributed by atoms with Gasteiger partial charge in [-0.25, -0.2) is 15.0 Å². The molecule has 2 amide bonds. The quantitative estimate of drug-likeness (QED) is 0.441. The fourth-order valence-corrected chi connectivity index (χ4v) is 1.57. The third-order valence-electron chi connectivity index (χ3n) is 2.67. The predicted molar refractivity (Wildman–Crippen MR) is 87.0 cm³/mol. The average molecular weight is 339 g/mol. The van der Waals surface area contributed by atoms with E-state index in [0.717, 1.165) is 6.21 Å². The van der Waals surface area contributed by atoms with Crippen molar-refractivity contribution in [3.05, 3.63) is 32.1 Å². The van der Waals surface area contributed by atoms with E-state index in [0.29, 0.717) is 5.69 Å². The molecular formula is C14H21N5O5. The van der Waals surface area contributed by atoms with Crippen LogP contribution in [0.15, 0.2) is 14.7 Å². The van der Waals surface area contributed by atoms with E-state index in [1.807, 2.05) is 4.98 Å². The van der Waals surface area contributed by atoms with Gasteiger partial charge in [0.25, 0.3) is 11.5 Å². The Morgan fingerprint density at radius 2 is 1.88 bits per heavy atom. The van der Waals surface area contributed by atoms with E-state index >= 15 is 0 Å². The largest absolute Gasteiger partial charge is 0.444 e. The van der Waals surface area contributed by atoms with Crippen molar-refractivity contribution in [1.29, 1.82) is 0 Å². The van der Waals surface area contributed by atoms with Gasteiger partial charge in [0.2, 0.25) is 0 Å². The van der Waals surface area contributed by atoms with Crippen molar-refractivity contribution in [2.75, 3.05) is 0 Å². The van der Waals surface area contributed by atoms with Gasteiger partial charge >= 0.3 is 11.8 Å². The number of carbonyl (C=O) groups excluding carboxylic acids is 2. The number of ether oxygens (including phenoxy) is 1. The standard InChI is InChI=1S/C14H21N5O5/c1-7-9(11(21)18-12(22)16-7)6-15-19-10(20)8(2)17-13(23)24-14(3,4)5/h6,8H,1-5H3,(H,17,23)(H,19,20)(H2,16,18,21,22)/b15-6-/t8-/m1/s1. The summed E-state index contributed by atoms with van der Waals surface area (Å²) in [4.78, 5) is 50.5. The maximum atomic E-state index is 11.8. The number of aromatic nitrogens is 2. The molecule has 0 saturated carbocycles. The molecule has 1 aromatic rings. The Hall–Kier alpha value is -2.91. The van der Waals surface area contributed by atoms with Crippen LogP contribution in [0.2, 0.25) is 0 Å². The van der Waals surface area contributed by atoms with Crippen molar-refractivity contribution >= 4 is 18.2 Å². The van der Waals surface area contributed by atoms with Crippen LogP contribution in [-0.4, -0.2) is 39.8 Å². The summed E-state index contributed by atoms with van der Waals surface area (Å²) in [5, 5.41) is 5.99. The first-order valence-electron chi connectivity index (χ1n) is 7.15. The number of hydrogen-bond acceptors (Lipinski definition) is 6. The van der Waals surface area contributed by atoms with E-state index in [2.05, 4.69) is 20.8 Å². The Morgan fingerprint density at radius 1 is 1.25 bits per heavy atom. The van der Waals surface area contributed by atoms with Crippen molar-refractivity contribution in [3.63, 3.8) is 0 Å². The van der Waals surface area contributed by atoms with Crippen LogP contribution in [0.1, 0.15) is 39.0 Å². The van der Waals surface area contributed by atoms with Gasteiger partial charge in [-0.1, -0.05) is 0 Å². The highest BCUT2D eigenvalue weighted by molar-refractivity contribution is 5.87. The number of carbonyl (C=O) groups is 2. The smallest absolute Gasteiger partial charge is 0.408 e. The minimum Gasteiger partial charge on any atom is -0.444 e. The Balaban J connectivity index is 2.64. The van der Waals surface area contributed by atoms with Crippen LogP contribution in [0.25, 0.3) is 0 Å². The summed E-state index contributed by atoms with van der Waals surface area (Å²) in [6.07, 6.45) is 0.365. The van der Waals surface area contributed by atoms with Crippen LogP contribution in [0.5, 0.6) is 0 Å². The molecule has 1 atom stereocenters. The minimum atomic E-state index is -0.896. The number of rotatable bonds is 4. The summed E-state index contributed by atoms with van der Waals surface area (Å²) < 4.78 is 5.03. The molecule has 4 N–H and O–H groups in total. The lowest BCUT2D eigenvalue weighted by molar-refractivity contribution is -0.122. The maximum Gasteiger partial charge on any atom is 0.408 e. The summed E-state index contributed by atoms with van der Waals surface area (Å²) in [6, 6.07) is -0.896. The molecule has 0 aliphatic carbocycles. The Labute approximate surface area is 137 Å². The van der Waals surface area contributed by atoms with E-state index in [1.165, 1.54) is 13.8 Å².